The van der Waals surface area contributed by atoms with E-state index in [0.717, 1.165) is 5.69 Å². The minimum Gasteiger partial charge on any atom is -0.463 e. The summed E-state index contributed by atoms with van der Waals surface area (Å²) in [5, 5.41) is 0. The van der Waals surface area contributed by atoms with E-state index in [9.17, 15) is 9.59 Å². The van der Waals surface area contributed by atoms with E-state index in [1.165, 1.54) is 6.92 Å². The fourth-order valence-electron chi connectivity index (χ4n) is 2.47. The predicted molar refractivity (Wildman–Crippen MR) is 85.2 cm³/mol. The number of anilines is 1. The monoisotopic (exact) mass is 330 g/mol. The second-order valence-electron chi connectivity index (χ2n) is 5.37. The van der Waals surface area contributed by atoms with Gasteiger partial charge >= 0.3 is 5.97 Å². The first-order valence-corrected chi connectivity index (χ1v) is 7.66. The summed E-state index contributed by atoms with van der Waals surface area (Å²) in [6.07, 6.45) is 3.29. The lowest BCUT2D eigenvalue weighted by atomic mass is 10.3. The van der Waals surface area contributed by atoms with Crippen molar-refractivity contribution in [3.8, 4) is 11.5 Å². The molecule has 8 heteroatoms. The van der Waals surface area contributed by atoms with Crippen LogP contribution in [-0.4, -0.2) is 59.5 Å². The molecule has 0 bridgehead atoms. The molecule has 0 saturated carbocycles. The first-order chi connectivity index (χ1) is 11.6. The lowest BCUT2D eigenvalue weighted by molar-refractivity contribution is -0.150. The van der Waals surface area contributed by atoms with Gasteiger partial charge in [0.25, 0.3) is 5.91 Å². The first kappa shape index (κ1) is 16.0. The third kappa shape index (κ3) is 3.70. The number of piperazine rings is 1. The maximum Gasteiger partial charge on any atom is 0.303 e. The fraction of sp³-hybridized carbons (Fsp3) is 0.375. The molecule has 0 aromatic carbocycles. The lowest BCUT2D eigenvalue weighted by Gasteiger charge is -2.34. The molecule has 126 valence electrons. The summed E-state index contributed by atoms with van der Waals surface area (Å²) in [7, 11) is 0. The molecule has 1 amide bonds. The van der Waals surface area contributed by atoms with Gasteiger partial charge in [-0.3, -0.25) is 9.59 Å². The molecule has 0 atom stereocenters. The summed E-state index contributed by atoms with van der Waals surface area (Å²) in [5.41, 5.74) is 0.721. The number of amides is 1. The number of carbonyl (C=O) groups is 2. The van der Waals surface area contributed by atoms with Crippen molar-refractivity contribution in [1.82, 2.24) is 14.9 Å². The summed E-state index contributed by atoms with van der Waals surface area (Å²) in [5.74, 6) is 0.657. The predicted octanol–water partition coefficient (Wildman–Crippen LogP) is 0.948. The molecule has 2 aromatic rings. The molecule has 8 nitrogen and oxygen atoms in total. The Morgan fingerprint density at radius 1 is 1.25 bits per heavy atom. The van der Waals surface area contributed by atoms with Gasteiger partial charge in [-0.1, -0.05) is 0 Å². The number of rotatable bonds is 4. The normalized spacial score (nSPS) is 14.5. The zero-order valence-corrected chi connectivity index (χ0v) is 13.3. The van der Waals surface area contributed by atoms with Gasteiger partial charge in [-0.25, -0.2) is 9.97 Å². The van der Waals surface area contributed by atoms with Crippen LogP contribution < -0.4 is 4.90 Å². The number of ether oxygens (including phenoxy) is 1. The van der Waals surface area contributed by atoms with Crippen molar-refractivity contribution in [1.29, 1.82) is 0 Å². The first-order valence-electron chi connectivity index (χ1n) is 7.66. The quantitative estimate of drug-likeness (QED) is 0.771. The Bertz CT molecular complexity index is 709. The average Bonchev–Trinajstić information content (AvgIpc) is 3.14. The molecule has 0 unspecified atom stereocenters. The van der Waals surface area contributed by atoms with Crippen LogP contribution in [0.3, 0.4) is 0 Å². The van der Waals surface area contributed by atoms with Crippen molar-refractivity contribution in [3.63, 3.8) is 0 Å². The van der Waals surface area contributed by atoms with E-state index in [0.29, 0.717) is 37.9 Å². The van der Waals surface area contributed by atoms with Gasteiger partial charge in [0.05, 0.1) is 6.26 Å². The highest BCUT2D eigenvalue weighted by atomic mass is 16.5. The summed E-state index contributed by atoms with van der Waals surface area (Å²) < 4.78 is 10.1. The second-order valence-corrected chi connectivity index (χ2v) is 5.37. The third-order valence-corrected chi connectivity index (χ3v) is 3.73. The summed E-state index contributed by atoms with van der Waals surface area (Å²) in [4.78, 5) is 35.2. The Morgan fingerprint density at radius 2 is 2.04 bits per heavy atom. The van der Waals surface area contributed by atoms with Gasteiger partial charge < -0.3 is 19.0 Å². The number of esters is 1. The zero-order valence-electron chi connectivity index (χ0n) is 13.3. The Labute approximate surface area is 139 Å². The molecular weight excluding hydrogens is 312 g/mol. The van der Waals surface area contributed by atoms with Crippen molar-refractivity contribution < 1.29 is 18.7 Å². The van der Waals surface area contributed by atoms with Crippen molar-refractivity contribution in [2.75, 3.05) is 37.7 Å². The molecular formula is C16H18N4O4. The molecule has 1 saturated heterocycles. The number of furan rings is 1. The van der Waals surface area contributed by atoms with Crippen LogP contribution in [-0.2, 0) is 14.3 Å². The van der Waals surface area contributed by atoms with E-state index < -0.39 is 5.97 Å². The average molecular weight is 330 g/mol. The standard InChI is InChI=1S/C16H18N4O4/c1-12(21)24-11-15(22)19-6-8-20(9-7-19)16-17-5-4-13(18-16)14-3-2-10-23-14/h2-5,10H,6-9,11H2,1H3. The van der Waals surface area contributed by atoms with Crippen molar-refractivity contribution in [2.45, 2.75) is 6.92 Å². The topological polar surface area (TPSA) is 88.8 Å². The van der Waals surface area contributed by atoms with Gasteiger partial charge in [-0.05, 0) is 18.2 Å². The van der Waals surface area contributed by atoms with E-state index in [4.69, 9.17) is 9.15 Å². The highest BCUT2D eigenvalue weighted by Crippen LogP contribution is 2.20. The summed E-state index contributed by atoms with van der Waals surface area (Å²) >= 11 is 0. The van der Waals surface area contributed by atoms with Crippen LogP contribution in [0.1, 0.15) is 6.92 Å². The summed E-state index contributed by atoms with van der Waals surface area (Å²) in [6.45, 7) is 3.39. The molecule has 0 N–H and O–H groups in total. The maximum absolute atomic E-state index is 11.9. The zero-order chi connectivity index (χ0) is 16.9. The minimum atomic E-state index is -0.454. The molecule has 1 fully saturated rings. The molecule has 1 aliphatic rings. The largest absolute Gasteiger partial charge is 0.463 e. The smallest absolute Gasteiger partial charge is 0.303 e. The summed E-state index contributed by atoms with van der Waals surface area (Å²) in [6, 6.07) is 5.45. The van der Waals surface area contributed by atoms with Crippen LogP contribution in [0.15, 0.2) is 35.1 Å². The van der Waals surface area contributed by atoms with Crippen molar-refractivity contribution in [2.24, 2.45) is 0 Å². The minimum absolute atomic E-state index is 0.185. The number of nitrogens with zero attached hydrogens (tertiary/aromatic N) is 4. The molecule has 3 heterocycles. The number of carbonyl (C=O) groups excluding carboxylic acids is 2. The van der Waals surface area contributed by atoms with Crippen molar-refractivity contribution >= 4 is 17.8 Å². The molecule has 3 rings (SSSR count). The Hall–Kier alpha value is -2.90. The fourth-order valence-corrected chi connectivity index (χ4v) is 2.47. The lowest BCUT2D eigenvalue weighted by Crippen LogP contribution is -2.50. The molecule has 0 aliphatic carbocycles. The molecule has 24 heavy (non-hydrogen) atoms. The molecule has 0 spiro atoms. The van der Waals surface area contributed by atoms with E-state index in [1.54, 1.807) is 23.4 Å². The van der Waals surface area contributed by atoms with Crippen LogP contribution in [0.2, 0.25) is 0 Å². The SMILES string of the molecule is CC(=O)OCC(=O)N1CCN(c2nccc(-c3ccco3)n2)CC1. The van der Waals surface area contributed by atoms with Crippen LogP contribution >= 0.6 is 0 Å². The number of aromatic nitrogens is 2. The maximum atomic E-state index is 11.9. The molecule has 0 radical (unpaired) electrons. The third-order valence-electron chi connectivity index (χ3n) is 3.73. The molecule has 2 aromatic heterocycles. The van der Waals surface area contributed by atoms with Crippen LogP contribution in [0.4, 0.5) is 5.95 Å². The van der Waals surface area contributed by atoms with E-state index >= 15 is 0 Å². The number of hydrogen-bond donors (Lipinski definition) is 0. The van der Waals surface area contributed by atoms with E-state index in [2.05, 4.69) is 9.97 Å². The van der Waals surface area contributed by atoms with Gasteiger partial charge in [-0.2, -0.15) is 0 Å². The van der Waals surface area contributed by atoms with Gasteiger partial charge in [0, 0.05) is 39.3 Å². The Balaban J connectivity index is 1.60. The Kier molecular flexibility index (Phi) is 4.74. The van der Waals surface area contributed by atoms with E-state index in [-0.39, 0.29) is 12.5 Å². The highest BCUT2D eigenvalue weighted by molar-refractivity contribution is 5.80. The van der Waals surface area contributed by atoms with Crippen LogP contribution in [0.25, 0.3) is 11.5 Å². The van der Waals surface area contributed by atoms with Gasteiger partial charge in [-0.15, -0.1) is 0 Å². The molecule has 1 aliphatic heterocycles. The van der Waals surface area contributed by atoms with Gasteiger partial charge in [0.2, 0.25) is 5.95 Å². The van der Waals surface area contributed by atoms with Crippen molar-refractivity contribution in [3.05, 3.63) is 30.7 Å². The number of hydrogen-bond acceptors (Lipinski definition) is 7. The van der Waals surface area contributed by atoms with Gasteiger partial charge in [0.15, 0.2) is 12.4 Å². The van der Waals surface area contributed by atoms with Gasteiger partial charge in [0.1, 0.15) is 5.69 Å². The Morgan fingerprint density at radius 3 is 2.71 bits per heavy atom. The highest BCUT2D eigenvalue weighted by Gasteiger charge is 2.23. The van der Waals surface area contributed by atoms with Crippen LogP contribution in [0, 0.1) is 0 Å². The van der Waals surface area contributed by atoms with Crippen LogP contribution in [0.5, 0.6) is 0 Å². The van der Waals surface area contributed by atoms with E-state index in [1.807, 2.05) is 17.0 Å². The second kappa shape index (κ2) is 7.12.